The van der Waals surface area contributed by atoms with Crippen LogP contribution in [0.3, 0.4) is 0 Å². The summed E-state index contributed by atoms with van der Waals surface area (Å²) in [6, 6.07) is 0.432. The topological polar surface area (TPSA) is 26.0 Å². The maximum absolute atomic E-state index is 6.09. The van der Waals surface area contributed by atoms with Crippen molar-refractivity contribution in [1.82, 2.24) is 0 Å². The Morgan fingerprint density at radius 2 is 2.00 bits per heavy atom. The standard InChI is InChI=1S/C11H23N/c1-5-10(12)9-7-11(3,4)6-8(9)2/h8-10H,5-7,12H2,1-4H3. The minimum absolute atomic E-state index is 0.432. The Bertz CT molecular complexity index is 151. The summed E-state index contributed by atoms with van der Waals surface area (Å²) in [4.78, 5) is 0. The van der Waals surface area contributed by atoms with Gasteiger partial charge in [0.25, 0.3) is 0 Å². The molecular weight excluding hydrogens is 146 g/mol. The zero-order chi connectivity index (χ0) is 9.35. The molecule has 1 nitrogen and oxygen atoms in total. The second-order valence-corrected chi connectivity index (χ2v) is 5.29. The first kappa shape index (κ1) is 10.0. The maximum atomic E-state index is 6.09. The zero-order valence-electron chi connectivity index (χ0n) is 8.93. The highest BCUT2D eigenvalue weighted by atomic mass is 14.7. The SMILES string of the molecule is CCC(N)C1CC(C)(C)CC1C. The average Bonchev–Trinajstić information content (AvgIpc) is 2.23. The molecule has 1 aliphatic rings. The van der Waals surface area contributed by atoms with Gasteiger partial charge in [-0.2, -0.15) is 0 Å². The van der Waals surface area contributed by atoms with Crippen LogP contribution in [0.5, 0.6) is 0 Å². The Hall–Kier alpha value is -0.0400. The van der Waals surface area contributed by atoms with Crippen LogP contribution in [0, 0.1) is 17.3 Å². The fraction of sp³-hybridized carbons (Fsp3) is 1.00. The van der Waals surface area contributed by atoms with Gasteiger partial charge in [0.2, 0.25) is 0 Å². The number of hydrogen-bond donors (Lipinski definition) is 1. The maximum Gasteiger partial charge on any atom is 0.00672 e. The first-order valence-electron chi connectivity index (χ1n) is 5.22. The zero-order valence-corrected chi connectivity index (χ0v) is 8.93. The number of nitrogens with two attached hydrogens (primary N) is 1. The van der Waals surface area contributed by atoms with Gasteiger partial charge < -0.3 is 5.73 Å². The molecule has 0 aromatic heterocycles. The van der Waals surface area contributed by atoms with E-state index in [0.29, 0.717) is 11.5 Å². The number of rotatable bonds is 2. The van der Waals surface area contributed by atoms with Gasteiger partial charge in [-0.05, 0) is 36.5 Å². The summed E-state index contributed by atoms with van der Waals surface area (Å²) in [6.07, 6.45) is 3.81. The van der Waals surface area contributed by atoms with Crippen LogP contribution in [0.2, 0.25) is 0 Å². The fourth-order valence-electron chi connectivity index (χ4n) is 2.82. The summed E-state index contributed by atoms with van der Waals surface area (Å²) in [5, 5.41) is 0. The summed E-state index contributed by atoms with van der Waals surface area (Å²) in [5.74, 6) is 1.60. The van der Waals surface area contributed by atoms with Gasteiger partial charge in [0.15, 0.2) is 0 Å². The summed E-state index contributed by atoms with van der Waals surface area (Å²) in [5.41, 5.74) is 6.63. The molecule has 2 N–H and O–H groups in total. The molecule has 72 valence electrons. The molecule has 0 aromatic carbocycles. The van der Waals surface area contributed by atoms with Crippen molar-refractivity contribution in [2.45, 2.75) is 53.0 Å². The van der Waals surface area contributed by atoms with Crippen molar-refractivity contribution in [2.75, 3.05) is 0 Å². The lowest BCUT2D eigenvalue weighted by Gasteiger charge is -2.22. The van der Waals surface area contributed by atoms with Crippen molar-refractivity contribution in [3.8, 4) is 0 Å². The van der Waals surface area contributed by atoms with Crippen LogP contribution in [0.4, 0.5) is 0 Å². The first-order valence-corrected chi connectivity index (χ1v) is 5.22. The minimum atomic E-state index is 0.432. The van der Waals surface area contributed by atoms with Crippen LogP contribution in [0.25, 0.3) is 0 Å². The molecule has 3 unspecified atom stereocenters. The molecule has 3 atom stereocenters. The van der Waals surface area contributed by atoms with Crippen LogP contribution in [0.15, 0.2) is 0 Å². The third kappa shape index (κ3) is 2.01. The molecule has 0 amide bonds. The molecule has 0 aromatic rings. The van der Waals surface area contributed by atoms with Crippen molar-refractivity contribution in [3.05, 3.63) is 0 Å². The fourth-order valence-corrected chi connectivity index (χ4v) is 2.82. The monoisotopic (exact) mass is 169 g/mol. The van der Waals surface area contributed by atoms with Crippen LogP contribution in [0.1, 0.15) is 47.0 Å². The van der Waals surface area contributed by atoms with Crippen LogP contribution in [-0.4, -0.2) is 6.04 Å². The Morgan fingerprint density at radius 3 is 2.33 bits per heavy atom. The summed E-state index contributed by atoms with van der Waals surface area (Å²) >= 11 is 0. The minimum Gasteiger partial charge on any atom is -0.327 e. The van der Waals surface area contributed by atoms with Crippen molar-refractivity contribution in [1.29, 1.82) is 0 Å². The molecular formula is C11H23N. The second-order valence-electron chi connectivity index (χ2n) is 5.29. The van der Waals surface area contributed by atoms with Gasteiger partial charge in [0, 0.05) is 6.04 Å². The van der Waals surface area contributed by atoms with Gasteiger partial charge in [-0.15, -0.1) is 0 Å². The highest BCUT2D eigenvalue weighted by molar-refractivity contribution is 4.91. The lowest BCUT2D eigenvalue weighted by molar-refractivity contribution is 0.323. The summed E-state index contributed by atoms with van der Waals surface area (Å²) < 4.78 is 0. The molecule has 1 heteroatoms. The Morgan fingerprint density at radius 1 is 1.42 bits per heavy atom. The van der Waals surface area contributed by atoms with E-state index in [2.05, 4.69) is 27.7 Å². The quantitative estimate of drug-likeness (QED) is 0.676. The lowest BCUT2D eigenvalue weighted by atomic mass is 9.87. The Kier molecular flexibility index (Phi) is 2.82. The molecule has 12 heavy (non-hydrogen) atoms. The van der Waals surface area contributed by atoms with Crippen LogP contribution in [-0.2, 0) is 0 Å². The van der Waals surface area contributed by atoms with Crippen molar-refractivity contribution in [2.24, 2.45) is 23.0 Å². The predicted octanol–water partition coefficient (Wildman–Crippen LogP) is 2.80. The molecule has 0 spiro atoms. The lowest BCUT2D eigenvalue weighted by Crippen LogP contribution is -2.31. The van der Waals surface area contributed by atoms with Crippen LogP contribution < -0.4 is 5.73 Å². The third-order valence-corrected chi connectivity index (χ3v) is 3.42. The van der Waals surface area contributed by atoms with Crippen LogP contribution >= 0.6 is 0 Å². The van der Waals surface area contributed by atoms with Gasteiger partial charge in [0.1, 0.15) is 0 Å². The molecule has 1 rings (SSSR count). The molecule has 1 fully saturated rings. The van der Waals surface area contributed by atoms with Gasteiger partial charge in [-0.3, -0.25) is 0 Å². The van der Waals surface area contributed by atoms with Gasteiger partial charge >= 0.3 is 0 Å². The molecule has 0 radical (unpaired) electrons. The van der Waals surface area contributed by atoms with Crippen molar-refractivity contribution in [3.63, 3.8) is 0 Å². The molecule has 0 bridgehead atoms. The highest BCUT2D eigenvalue weighted by Crippen LogP contribution is 2.46. The molecule has 1 aliphatic carbocycles. The highest BCUT2D eigenvalue weighted by Gasteiger charge is 2.38. The van der Waals surface area contributed by atoms with E-state index in [4.69, 9.17) is 5.73 Å². The van der Waals surface area contributed by atoms with Gasteiger partial charge in [-0.25, -0.2) is 0 Å². The third-order valence-electron chi connectivity index (χ3n) is 3.42. The van der Waals surface area contributed by atoms with E-state index >= 15 is 0 Å². The summed E-state index contributed by atoms with van der Waals surface area (Å²) in [6.45, 7) is 9.29. The molecule has 1 saturated carbocycles. The van der Waals surface area contributed by atoms with Gasteiger partial charge in [-0.1, -0.05) is 27.7 Å². The Balaban J connectivity index is 2.57. The van der Waals surface area contributed by atoms with Crippen molar-refractivity contribution >= 4 is 0 Å². The van der Waals surface area contributed by atoms with E-state index in [1.54, 1.807) is 0 Å². The molecule has 0 heterocycles. The normalized spacial score (nSPS) is 36.8. The Labute approximate surface area is 76.7 Å². The molecule has 0 saturated heterocycles. The number of hydrogen-bond acceptors (Lipinski definition) is 1. The van der Waals surface area contributed by atoms with E-state index in [0.717, 1.165) is 18.3 Å². The van der Waals surface area contributed by atoms with E-state index in [1.165, 1.54) is 12.8 Å². The first-order chi connectivity index (χ1) is 5.46. The summed E-state index contributed by atoms with van der Waals surface area (Å²) in [7, 11) is 0. The average molecular weight is 169 g/mol. The van der Waals surface area contributed by atoms with E-state index in [9.17, 15) is 0 Å². The molecule has 0 aliphatic heterocycles. The van der Waals surface area contributed by atoms with Gasteiger partial charge in [0.05, 0.1) is 0 Å². The van der Waals surface area contributed by atoms with E-state index in [-0.39, 0.29) is 0 Å². The smallest absolute Gasteiger partial charge is 0.00672 e. The van der Waals surface area contributed by atoms with E-state index in [1.807, 2.05) is 0 Å². The predicted molar refractivity (Wildman–Crippen MR) is 53.9 cm³/mol. The largest absolute Gasteiger partial charge is 0.327 e. The van der Waals surface area contributed by atoms with E-state index < -0.39 is 0 Å². The second kappa shape index (κ2) is 3.37. The van der Waals surface area contributed by atoms with Crippen molar-refractivity contribution < 1.29 is 0 Å².